The van der Waals surface area contributed by atoms with Crippen LogP contribution in [0.15, 0.2) is 24.5 Å². The summed E-state index contributed by atoms with van der Waals surface area (Å²) < 4.78 is 0. The zero-order chi connectivity index (χ0) is 12.1. The SMILES string of the molecule is CNC(=O)[C@@]1(CCCc2cccnc2)CCN1. The fraction of sp³-hybridized carbons (Fsp3) is 0.538. The largest absolute Gasteiger partial charge is 0.358 e. The molecule has 0 saturated carbocycles. The number of carbonyl (C=O) groups excluding carboxylic acids is 1. The van der Waals surface area contributed by atoms with Gasteiger partial charge in [0.2, 0.25) is 5.91 Å². The lowest BCUT2D eigenvalue weighted by molar-refractivity contribution is -0.130. The molecule has 4 nitrogen and oxygen atoms in total. The van der Waals surface area contributed by atoms with Crippen molar-refractivity contribution >= 4 is 5.91 Å². The second kappa shape index (κ2) is 5.27. The molecular weight excluding hydrogens is 214 g/mol. The van der Waals surface area contributed by atoms with E-state index >= 15 is 0 Å². The van der Waals surface area contributed by atoms with Gasteiger partial charge in [0.05, 0.1) is 5.54 Å². The van der Waals surface area contributed by atoms with Crippen molar-refractivity contribution in [3.05, 3.63) is 30.1 Å². The number of likely N-dealkylation sites (N-methyl/N-ethyl adjacent to an activating group) is 1. The molecule has 0 aromatic carbocycles. The number of hydrogen-bond acceptors (Lipinski definition) is 3. The zero-order valence-corrected chi connectivity index (χ0v) is 10.2. The second-order valence-corrected chi connectivity index (χ2v) is 4.55. The molecule has 2 heterocycles. The van der Waals surface area contributed by atoms with Gasteiger partial charge in [-0.3, -0.25) is 9.78 Å². The van der Waals surface area contributed by atoms with Crippen molar-refractivity contribution < 1.29 is 4.79 Å². The van der Waals surface area contributed by atoms with Crippen LogP contribution in [0, 0.1) is 0 Å². The van der Waals surface area contributed by atoms with E-state index in [0.717, 1.165) is 32.2 Å². The molecule has 1 amide bonds. The van der Waals surface area contributed by atoms with E-state index < -0.39 is 0 Å². The van der Waals surface area contributed by atoms with Gasteiger partial charge in [-0.15, -0.1) is 0 Å². The van der Waals surface area contributed by atoms with Crippen molar-refractivity contribution in [2.24, 2.45) is 0 Å². The number of nitrogens with one attached hydrogen (secondary N) is 2. The number of carbonyl (C=O) groups is 1. The predicted molar refractivity (Wildman–Crippen MR) is 66.6 cm³/mol. The third-order valence-corrected chi connectivity index (χ3v) is 3.47. The van der Waals surface area contributed by atoms with Crippen molar-refractivity contribution in [2.45, 2.75) is 31.2 Å². The minimum Gasteiger partial charge on any atom is -0.358 e. The van der Waals surface area contributed by atoms with Crippen LogP contribution in [-0.2, 0) is 11.2 Å². The Labute approximate surface area is 102 Å². The fourth-order valence-electron chi connectivity index (χ4n) is 2.33. The number of rotatable bonds is 5. The van der Waals surface area contributed by atoms with E-state index in [1.165, 1.54) is 5.56 Å². The van der Waals surface area contributed by atoms with Crippen LogP contribution in [0.2, 0.25) is 0 Å². The Balaban J connectivity index is 1.83. The van der Waals surface area contributed by atoms with Crippen molar-refractivity contribution in [3.63, 3.8) is 0 Å². The summed E-state index contributed by atoms with van der Waals surface area (Å²) in [4.78, 5) is 15.9. The van der Waals surface area contributed by atoms with Crippen LogP contribution < -0.4 is 10.6 Å². The van der Waals surface area contributed by atoms with Crippen LogP contribution in [0.3, 0.4) is 0 Å². The van der Waals surface area contributed by atoms with E-state index in [4.69, 9.17) is 0 Å². The molecular formula is C13H19N3O. The summed E-state index contributed by atoms with van der Waals surface area (Å²) in [6.45, 7) is 0.945. The van der Waals surface area contributed by atoms with Crippen LogP contribution in [0.25, 0.3) is 0 Å². The highest BCUT2D eigenvalue weighted by atomic mass is 16.2. The molecule has 92 valence electrons. The van der Waals surface area contributed by atoms with Gasteiger partial charge in [0, 0.05) is 19.4 Å². The van der Waals surface area contributed by atoms with E-state index in [0.29, 0.717) is 0 Å². The van der Waals surface area contributed by atoms with Gasteiger partial charge < -0.3 is 10.6 Å². The summed E-state index contributed by atoms with van der Waals surface area (Å²) in [5.41, 5.74) is 0.927. The molecule has 1 aromatic heterocycles. The quantitative estimate of drug-likeness (QED) is 0.794. The van der Waals surface area contributed by atoms with E-state index in [-0.39, 0.29) is 11.4 Å². The first-order chi connectivity index (χ1) is 8.27. The van der Waals surface area contributed by atoms with Gasteiger partial charge >= 0.3 is 0 Å². The number of pyridine rings is 1. The fourth-order valence-corrected chi connectivity index (χ4v) is 2.33. The average Bonchev–Trinajstić information content (AvgIpc) is 2.33. The van der Waals surface area contributed by atoms with Crippen LogP contribution in [0.1, 0.15) is 24.8 Å². The molecule has 1 saturated heterocycles. The van der Waals surface area contributed by atoms with Gasteiger partial charge in [0.1, 0.15) is 0 Å². The molecule has 0 bridgehead atoms. The summed E-state index contributed by atoms with van der Waals surface area (Å²) in [6, 6.07) is 4.03. The number of aryl methyl sites for hydroxylation is 1. The molecule has 0 radical (unpaired) electrons. The van der Waals surface area contributed by atoms with E-state index in [9.17, 15) is 4.79 Å². The first-order valence-corrected chi connectivity index (χ1v) is 6.13. The van der Waals surface area contributed by atoms with Crippen molar-refractivity contribution in [3.8, 4) is 0 Å². The van der Waals surface area contributed by atoms with Gasteiger partial charge in [0.25, 0.3) is 0 Å². The summed E-state index contributed by atoms with van der Waals surface area (Å²) in [5.74, 6) is 0.120. The number of aromatic nitrogens is 1. The van der Waals surface area contributed by atoms with Crippen LogP contribution >= 0.6 is 0 Å². The standard InChI is InChI=1S/C13H19N3O/c1-14-12(17)13(7-9-16-13)6-2-4-11-5-3-8-15-10-11/h3,5,8,10,16H,2,4,6-7,9H2,1H3,(H,14,17)/t13-/m1/s1. The first kappa shape index (κ1) is 12.0. The Bertz CT molecular complexity index is 374. The molecule has 1 aliphatic heterocycles. The Morgan fingerprint density at radius 1 is 1.65 bits per heavy atom. The van der Waals surface area contributed by atoms with E-state index in [1.54, 1.807) is 13.2 Å². The maximum absolute atomic E-state index is 11.8. The van der Waals surface area contributed by atoms with E-state index in [2.05, 4.69) is 21.7 Å². The Morgan fingerprint density at radius 2 is 2.47 bits per heavy atom. The molecule has 1 aromatic rings. The second-order valence-electron chi connectivity index (χ2n) is 4.55. The van der Waals surface area contributed by atoms with Gasteiger partial charge in [-0.2, -0.15) is 0 Å². The summed E-state index contributed by atoms with van der Waals surface area (Å²) >= 11 is 0. The molecule has 1 fully saturated rings. The monoisotopic (exact) mass is 233 g/mol. The predicted octanol–water partition coefficient (Wildman–Crippen LogP) is 0.882. The number of amides is 1. The Kier molecular flexibility index (Phi) is 3.74. The molecule has 1 atom stereocenters. The lowest BCUT2D eigenvalue weighted by Gasteiger charge is -2.41. The Hall–Kier alpha value is -1.42. The van der Waals surface area contributed by atoms with Crippen LogP contribution in [0.5, 0.6) is 0 Å². The minimum atomic E-state index is -0.309. The summed E-state index contributed by atoms with van der Waals surface area (Å²) in [6.07, 6.45) is 7.49. The number of nitrogens with zero attached hydrogens (tertiary/aromatic N) is 1. The smallest absolute Gasteiger partial charge is 0.240 e. The lowest BCUT2D eigenvalue weighted by atomic mass is 9.81. The van der Waals surface area contributed by atoms with Gasteiger partial charge in [-0.1, -0.05) is 6.07 Å². The van der Waals surface area contributed by atoms with Gasteiger partial charge in [0.15, 0.2) is 0 Å². The highest BCUT2D eigenvalue weighted by Gasteiger charge is 2.42. The van der Waals surface area contributed by atoms with Gasteiger partial charge in [-0.25, -0.2) is 0 Å². The molecule has 1 aliphatic rings. The molecule has 17 heavy (non-hydrogen) atoms. The third kappa shape index (κ3) is 2.64. The van der Waals surface area contributed by atoms with Crippen molar-refractivity contribution in [2.75, 3.05) is 13.6 Å². The maximum Gasteiger partial charge on any atom is 0.240 e. The lowest BCUT2D eigenvalue weighted by Crippen LogP contribution is -2.65. The minimum absolute atomic E-state index is 0.120. The topological polar surface area (TPSA) is 54.0 Å². The maximum atomic E-state index is 11.8. The van der Waals surface area contributed by atoms with Crippen LogP contribution in [0.4, 0.5) is 0 Å². The van der Waals surface area contributed by atoms with E-state index in [1.807, 2.05) is 12.3 Å². The third-order valence-electron chi connectivity index (χ3n) is 3.47. The highest BCUT2D eigenvalue weighted by molar-refractivity contribution is 5.87. The Morgan fingerprint density at radius 3 is 3.00 bits per heavy atom. The molecule has 2 N–H and O–H groups in total. The van der Waals surface area contributed by atoms with Gasteiger partial charge in [-0.05, 0) is 43.9 Å². The summed E-state index contributed by atoms with van der Waals surface area (Å²) in [5, 5.41) is 6.01. The van der Waals surface area contributed by atoms with Crippen molar-refractivity contribution in [1.29, 1.82) is 0 Å². The molecule has 0 unspecified atom stereocenters. The first-order valence-electron chi connectivity index (χ1n) is 6.13. The van der Waals surface area contributed by atoms with Crippen LogP contribution in [-0.4, -0.2) is 30.0 Å². The zero-order valence-electron chi connectivity index (χ0n) is 10.2. The summed E-state index contributed by atoms with van der Waals surface area (Å²) in [7, 11) is 1.70. The van der Waals surface area contributed by atoms with Crippen molar-refractivity contribution in [1.82, 2.24) is 15.6 Å². The number of hydrogen-bond donors (Lipinski definition) is 2. The molecule has 2 rings (SSSR count). The molecule has 0 aliphatic carbocycles. The molecule has 0 spiro atoms. The molecule has 4 heteroatoms. The highest BCUT2D eigenvalue weighted by Crippen LogP contribution is 2.25. The normalized spacial score (nSPS) is 22.9. The average molecular weight is 233 g/mol.